The normalized spacial score (nSPS) is 15.0. The summed E-state index contributed by atoms with van der Waals surface area (Å²) in [7, 11) is 3.17. The Kier molecular flexibility index (Phi) is 6.68. The first-order valence-electron chi connectivity index (χ1n) is 10.8. The average Bonchev–Trinajstić information content (AvgIpc) is 3.18. The number of fused-ring (bicyclic) bond motifs is 1. The van der Waals surface area contributed by atoms with E-state index in [0.717, 1.165) is 11.3 Å². The van der Waals surface area contributed by atoms with Gasteiger partial charge in [-0.05, 0) is 54.7 Å². The van der Waals surface area contributed by atoms with Crippen molar-refractivity contribution >= 4 is 11.8 Å². The number of nitrogens with one attached hydrogen (secondary N) is 1. The molecule has 7 nitrogen and oxygen atoms in total. The molecule has 0 bridgehead atoms. The Morgan fingerprint density at radius 3 is 2.48 bits per heavy atom. The standard InChI is InChI=1S/C26H27NO6/c1-16-24-20(27-25(16)26(29)33-12-11-32-19-7-5-4-6-8-19)13-18(14-21(24)28)17-9-10-22(30-2)23(15-17)31-3/h4-10,15,18,27H,11-14H2,1-3H3/t18-/m0/s1. The van der Waals surface area contributed by atoms with E-state index in [1.807, 2.05) is 48.5 Å². The maximum absolute atomic E-state index is 13.0. The van der Waals surface area contributed by atoms with Crippen molar-refractivity contribution in [1.29, 1.82) is 0 Å². The Hall–Kier alpha value is -3.74. The molecule has 7 heteroatoms. The van der Waals surface area contributed by atoms with E-state index in [0.29, 0.717) is 46.9 Å². The number of benzene rings is 2. The Balaban J connectivity index is 1.45. The van der Waals surface area contributed by atoms with Gasteiger partial charge in [-0.15, -0.1) is 0 Å². The number of ether oxygens (including phenoxy) is 4. The number of hydrogen-bond acceptors (Lipinski definition) is 6. The van der Waals surface area contributed by atoms with Crippen LogP contribution in [0, 0.1) is 6.92 Å². The van der Waals surface area contributed by atoms with Gasteiger partial charge in [-0.1, -0.05) is 24.3 Å². The molecule has 172 valence electrons. The predicted octanol–water partition coefficient (Wildman–Crippen LogP) is 4.49. The maximum Gasteiger partial charge on any atom is 0.355 e. The molecule has 4 rings (SSSR count). The number of Topliss-reactive ketones (excluding diaryl/α,β-unsaturated/α-hetero) is 1. The van der Waals surface area contributed by atoms with Gasteiger partial charge < -0.3 is 23.9 Å². The van der Waals surface area contributed by atoms with Crippen LogP contribution in [-0.4, -0.2) is 44.2 Å². The van der Waals surface area contributed by atoms with Gasteiger partial charge in [0.05, 0.1) is 14.2 Å². The molecule has 1 atom stereocenters. The second-order valence-corrected chi connectivity index (χ2v) is 7.92. The monoisotopic (exact) mass is 449 g/mol. The Morgan fingerprint density at radius 2 is 1.76 bits per heavy atom. The van der Waals surface area contributed by atoms with E-state index in [4.69, 9.17) is 18.9 Å². The zero-order chi connectivity index (χ0) is 23.4. The van der Waals surface area contributed by atoms with Crippen molar-refractivity contribution in [3.63, 3.8) is 0 Å². The van der Waals surface area contributed by atoms with Gasteiger partial charge in [0.1, 0.15) is 24.7 Å². The number of aromatic nitrogens is 1. The van der Waals surface area contributed by atoms with Crippen molar-refractivity contribution < 1.29 is 28.5 Å². The van der Waals surface area contributed by atoms with Crippen LogP contribution in [-0.2, 0) is 11.2 Å². The summed E-state index contributed by atoms with van der Waals surface area (Å²) in [6.07, 6.45) is 0.975. The summed E-state index contributed by atoms with van der Waals surface area (Å²) in [5.41, 5.74) is 3.30. The molecule has 1 aromatic heterocycles. The zero-order valence-corrected chi connectivity index (χ0v) is 19.0. The molecule has 1 heterocycles. The fourth-order valence-electron chi connectivity index (χ4n) is 4.26. The van der Waals surface area contributed by atoms with E-state index in [1.54, 1.807) is 21.1 Å². The second-order valence-electron chi connectivity index (χ2n) is 7.92. The van der Waals surface area contributed by atoms with Gasteiger partial charge >= 0.3 is 5.97 Å². The number of aromatic amines is 1. The van der Waals surface area contributed by atoms with E-state index in [1.165, 1.54) is 0 Å². The van der Waals surface area contributed by atoms with Crippen molar-refractivity contribution in [3.8, 4) is 17.2 Å². The third-order valence-electron chi connectivity index (χ3n) is 5.90. The highest BCUT2D eigenvalue weighted by molar-refractivity contribution is 6.03. The lowest BCUT2D eigenvalue weighted by Crippen LogP contribution is -2.18. The minimum Gasteiger partial charge on any atom is -0.493 e. The maximum atomic E-state index is 13.0. The fraction of sp³-hybridized carbons (Fsp3) is 0.308. The molecule has 2 aromatic carbocycles. The summed E-state index contributed by atoms with van der Waals surface area (Å²) in [4.78, 5) is 28.8. The van der Waals surface area contributed by atoms with Crippen molar-refractivity contribution in [3.05, 3.63) is 76.6 Å². The third-order valence-corrected chi connectivity index (χ3v) is 5.90. The lowest BCUT2D eigenvalue weighted by molar-refractivity contribution is 0.0443. The van der Waals surface area contributed by atoms with Gasteiger partial charge in [0, 0.05) is 17.7 Å². The number of carbonyl (C=O) groups excluding carboxylic acids is 2. The Labute approximate surface area is 192 Å². The van der Waals surface area contributed by atoms with Crippen LogP contribution < -0.4 is 14.2 Å². The average molecular weight is 450 g/mol. The highest BCUT2D eigenvalue weighted by Crippen LogP contribution is 2.38. The van der Waals surface area contributed by atoms with Gasteiger partial charge in [-0.25, -0.2) is 4.79 Å². The molecular weight excluding hydrogens is 422 g/mol. The molecule has 3 aromatic rings. The smallest absolute Gasteiger partial charge is 0.355 e. The lowest BCUT2D eigenvalue weighted by atomic mass is 9.81. The second kappa shape index (κ2) is 9.81. The SMILES string of the molecule is COc1ccc([C@@H]2CC(=O)c3c([nH]c(C(=O)OCCOc4ccccc4)c3C)C2)cc1OC. The first-order chi connectivity index (χ1) is 16.0. The summed E-state index contributed by atoms with van der Waals surface area (Å²) >= 11 is 0. The number of para-hydroxylation sites is 1. The first-order valence-corrected chi connectivity index (χ1v) is 10.8. The van der Waals surface area contributed by atoms with Crippen LogP contribution in [0.5, 0.6) is 17.2 Å². The largest absolute Gasteiger partial charge is 0.493 e. The third kappa shape index (κ3) is 4.72. The summed E-state index contributed by atoms with van der Waals surface area (Å²) in [5.74, 6) is 1.47. The topological polar surface area (TPSA) is 86.9 Å². The minimum absolute atomic E-state index is 0.0104. The highest BCUT2D eigenvalue weighted by atomic mass is 16.6. The van der Waals surface area contributed by atoms with Crippen LogP contribution in [0.25, 0.3) is 0 Å². The quantitative estimate of drug-likeness (QED) is 0.403. The Bertz CT molecular complexity index is 1150. The van der Waals surface area contributed by atoms with E-state index in [-0.39, 0.29) is 24.9 Å². The van der Waals surface area contributed by atoms with E-state index in [9.17, 15) is 9.59 Å². The van der Waals surface area contributed by atoms with Crippen molar-refractivity contribution in [1.82, 2.24) is 4.98 Å². The molecule has 0 saturated heterocycles. The number of H-pyrrole nitrogens is 1. The van der Waals surface area contributed by atoms with Crippen molar-refractivity contribution in [2.75, 3.05) is 27.4 Å². The van der Waals surface area contributed by atoms with Crippen LogP contribution in [0.15, 0.2) is 48.5 Å². The highest BCUT2D eigenvalue weighted by Gasteiger charge is 2.32. The molecule has 0 fully saturated rings. The summed E-state index contributed by atoms with van der Waals surface area (Å²) in [6.45, 7) is 2.13. The summed E-state index contributed by atoms with van der Waals surface area (Å²) in [5, 5.41) is 0. The number of esters is 1. The molecule has 1 aliphatic carbocycles. The van der Waals surface area contributed by atoms with Crippen LogP contribution in [0.2, 0.25) is 0 Å². The van der Waals surface area contributed by atoms with Gasteiger partial charge in [0.2, 0.25) is 0 Å². The minimum atomic E-state index is -0.492. The van der Waals surface area contributed by atoms with Gasteiger partial charge in [0.25, 0.3) is 0 Å². The first kappa shape index (κ1) is 22.5. The van der Waals surface area contributed by atoms with Gasteiger partial charge in [-0.3, -0.25) is 4.79 Å². The molecule has 0 unspecified atom stereocenters. The van der Waals surface area contributed by atoms with E-state index < -0.39 is 5.97 Å². The van der Waals surface area contributed by atoms with E-state index >= 15 is 0 Å². The van der Waals surface area contributed by atoms with Crippen LogP contribution in [0.1, 0.15) is 50.0 Å². The molecule has 0 radical (unpaired) electrons. The molecule has 1 aliphatic rings. The van der Waals surface area contributed by atoms with E-state index in [2.05, 4.69) is 4.98 Å². The summed E-state index contributed by atoms with van der Waals surface area (Å²) in [6, 6.07) is 15.0. The van der Waals surface area contributed by atoms with Crippen molar-refractivity contribution in [2.24, 2.45) is 0 Å². The van der Waals surface area contributed by atoms with Gasteiger partial charge in [0.15, 0.2) is 17.3 Å². The molecule has 0 aliphatic heterocycles. The molecule has 1 N–H and O–H groups in total. The number of hydrogen-bond donors (Lipinski definition) is 1. The number of carbonyl (C=O) groups is 2. The Morgan fingerprint density at radius 1 is 1.00 bits per heavy atom. The molecule has 33 heavy (non-hydrogen) atoms. The summed E-state index contributed by atoms with van der Waals surface area (Å²) < 4.78 is 21.6. The molecular formula is C26H27NO6. The molecule has 0 amide bonds. The number of ketones is 1. The molecule has 0 saturated carbocycles. The number of methoxy groups -OCH3 is 2. The lowest BCUT2D eigenvalue weighted by Gasteiger charge is -2.23. The van der Waals surface area contributed by atoms with Crippen molar-refractivity contribution in [2.45, 2.75) is 25.7 Å². The van der Waals surface area contributed by atoms with Crippen LogP contribution in [0.3, 0.4) is 0 Å². The fourth-order valence-corrected chi connectivity index (χ4v) is 4.26. The zero-order valence-electron chi connectivity index (χ0n) is 19.0. The van der Waals surface area contributed by atoms with Crippen LogP contribution in [0.4, 0.5) is 0 Å². The van der Waals surface area contributed by atoms with Crippen LogP contribution >= 0.6 is 0 Å². The number of rotatable bonds is 8. The van der Waals surface area contributed by atoms with Gasteiger partial charge in [-0.2, -0.15) is 0 Å². The predicted molar refractivity (Wildman–Crippen MR) is 123 cm³/mol. The molecule has 0 spiro atoms.